The molecule has 2 amide bonds. The molecule has 2 aliphatic rings. The number of hydrogen-bond acceptors (Lipinski definition) is 5. The lowest BCUT2D eigenvalue weighted by Gasteiger charge is -2.43. The van der Waals surface area contributed by atoms with Gasteiger partial charge in [0, 0.05) is 63.8 Å². The van der Waals surface area contributed by atoms with Gasteiger partial charge in [0.2, 0.25) is 0 Å². The lowest BCUT2D eigenvalue weighted by molar-refractivity contribution is -0.0577. The number of piperidine rings is 1. The molecule has 0 bridgehead atoms. The number of amides is 2. The highest BCUT2D eigenvalue weighted by Gasteiger charge is 2.43. The predicted octanol–water partition coefficient (Wildman–Crippen LogP) is 4.57. The van der Waals surface area contributed by atoms with Gasteiger partial charge in [0.1, 0.15) is 5.75 Å². The van der Waals surface area contributed by atoms with Crippen molar-refractivity contribution >= 4 is 6.03 Å². The highest BCUT2D eigenvalue weighted by molar-refractivity contribution is 5.74. The number of para-hydroxylation sites is 2. The van der Waals surface area contributed by atoms with Crippen molar-refractivity contribution in [1.82, 2.24) is 15.5 Å². The number of likely N-dealkylation sites (tertiary alicyclic amines) is 1. The molecule has 0 aliphatic carbocycles. The van der Waals surface area contributed by atoms with E-state index in [1.165, 1.54) is 6.07 Å². The average molecular weight is 514 g/mol. The second-order valence-electron chi connectivity index (χ2n) is 10.4. The van der Waals surface area contributed by atoms with Crippen LogP contribution in [-0.4, -0.2) is 62.5 Å². The molecule has 3 N–H and O–H groups in total. The summed E-state index contributed by atoms with van der Waals surface area (Å²) in [5, 5.41) is 18.6. The number of aliphatic hydroxyl groups is 1. The third kappa shape index (κ3) is 6.61. The van der Waals surface area contributed by atoms with Crippen LogP contribution in [0, 0.1) is 24.6 Å². The summed E-state index contributed by atoms with van der Waals surface area (Å²) < 4.78 is 26.6. The zero-order valence-corrected chi connectivity index (χ0v) is 22.0. The number of ether oxygens (including phenoxy) is 2. The summed E-state index contributed by atoms with van der Waals surface area (Å²) in [6, 6.07) is 12.1. The first kappa shape index (κ1) is 27.4. The molecule has 2 aromatic rings. The summed E-state index contributed by atoms with van der Waals surface area (Å²) in [5.41, 5.74) is -0.0616. The zero-order valence-electron chi connectivity index (χ0n) is 22.0. The fourth-order valence-electron chi connectivity index (χ4n) is 5.32. The van der Waals surface area contributed by atoms with Crippen molar-refractivity contribution in [3.8, 4) is 11.5 Å². The van der Waals surface area contributed by atoms with Crippen molar-refractivity contribution in [2.75, 3.05) is 46.4 Å². The van der Waals surface area contributed by atoms with E-state index >= 15 is 4.39 Å². The fraction of sp³-hybridized carbons (Fsp3) is 0.552. The highest BCUT2D eigenvalue weighted by Crippen LogP contribution is 2.45. The Labute approximate surface area is 219 Å². The smallest absolute Gasteiger partial charge is 0.317 e. The summed E-state index contributed by atoms with van der Waals surface area (Å²) in [5.74, 6) is 0.281. The van der Waals surface area contributed by atoms with Gasteiger partial charge in [-0.1, -0.05) is 30.3 Å². The molecule has 2 aromatic carbocycles. The van der Waals surface area contributed by atoms with E-state index in [0.717, 1.165) is 37.9 Å². The molecule has 1 unspecified atom stereocenters. The van der Waals surface area contributed by atoms with Crippen LogP contribution in [-0.2, 0) is 10.3 Å². The van der Waals surface area contributed by atoms with Crippen LogP contribution in [0.3, 0.4) is 0 Å². The molecule has 8 heteroatoms. The van der Waals surface area contributed by atoms with Crippen molar-refractivity contribution in [1.29, 1.82) is 0 Å². The topological polar surface area (TPSA) is 83.1 Å². The van der Waals surface area contributed by atoms with Gasteiger partial charge >= 0.3 is 6.03 Å². The number of benzene rings is 2. The monoisotopic (exact) mass is 513 g/mol. The first-order valence-electron chi connectivity index (χ1n) is 13.4. The molecule has 0 radical (unpaired) electrons. The molecular formula is C29H40FN3O4. The minimum atomic E-state index is -1.37. The molecule has 2 saturated heterocycles. The number of urea groups is 1. The maximum absolute atomic E-state index is 15.3. The van der Waals surface area contributed by atoms with E-state index in [1.54, 1.807) is 30.2 Å². The van der Waals surface area contributed by atoms with E-state index in [0.29, 0.717) is 56.3 Å². The van der Waals surface area contributed by atoms with Crippen LogP contribution in [0.4, 0.5) is 9.18 Å². The van der Waals surface area contributed by atoms with Crippen molar-refractivity contribution in [2.24, 2.45) is 11.8 Å². The lowest BCUT2D eigenvalue weighted by Crippen LogP contribution is -2.53. The number of aryl methyl sites for hydroxylation is 1. The van der Waals surface area contributed by atoms with Crippen molar-refractivity contribution < 1.29 is 23.8 Å². The quantitative estimate of drug-likeness (QED) is 0.384. The number of hydrogen-bond donors (Lipinski definition) is 3. The minimum Gasteiger partial charge on any atom is -0.454 e. The van der Waals surface area contributed by atoms with Crippen LogP contribution in [0.2, 0.25) is 0 Å². The van der Waals surface area contributed by atoms with Crippen LogP contribution in [0.15, 0.2) is 42.5 Å². The third-order valence-corrected chi connectivity index (χ3v) is 7.69. The average Bonchev–Trinajstić information content (AvgIpc) is 2.88. The molecule has 0 aromatic heterocycles. The number of rotatable bonds is 11. The number of methoxy groups -OCH3 is 1. The first-order chi connectivity index (χ1) is 17.9. The standard InChI is InChI=1S/C29H40FN3O4/c1-21-9-3-4-13-26(21)37-27-24(11-7-12-25(27)30)29(35,14-5-6-16-36-2)23-10-8-15-33(20-23)28(34)32-19-22-17-31-18-22/h3-4,7,9,11-13,22-23,31,35H,5-6,8,10,14-20H2,1-2H3,(H,32,34)/t23?,29-/m0/s1. The summed E-state index contributed by atoms with van der Waals surface area (Å²) in [4.78, 5) is 14.8. The normalized spacial score (nSPS) is 19.7. The maximum Gasteiger partial charge on any atom is 0.317 e. The molecule has 4 rings (SSSR count). The molecule has 0 spiro atoms. The Morgan fingerprint density at radius 3 is 2.76 bits per heavy atom. The Kier molecular flexibility index (Phi) is 9.40. The number of carbonyl (C=O) groups is 1. The second-order valence-corrected chi connectivity index (χ2v) is 10.4. The fourth-order valence-corrected chi connectivity index (χ4v) is 5.32. The molecule has 2 fully saturated rings. The molecular weight excluding hydrogens is 473 g/mol. The highest BCUT2D eigenvalue weighted by atomic mass is 19.1. The van der Waals surface area contributed by atoms with Gasteiger partial charge in [-0.05, 0) is 56.7 Å². The molecule has 7 nitrogen and oxygen atoms in total. The van der Waals surface area contributed by atoms with Gasteiger partial charge in [-0.25, -0.2) is 9.18 Å². The van der Waals surface area contributed by atoms with E-state index < -0.39 is 11.4 Å². The Bertz CT molecular complexity index is 1050. The van der Waals surface area contributed by atoms with Gasteiger partial charge in [-0.2, -0.15) is 0 Å². The minimum absolute atomic E-state index is 0.0464. The Morgan fingerprint density at radius 2 is 2.03 bits per heavy atom. The third-order valence-electron chi connectivity index (χ3n) is 7.69. The second kappa shape index (κ2) is 12.7. The van der Waals surface area contributed by atoms with E-state index in [1.807, 2.05) is 25.1 Å². The van der Waals surface area contributed by atoms with Gasteiger partial charge < -0.3 is 30.1 Å². The summed E-state index contributed by atoms with van der Waals surface area (Å²) in [6.07, 6.45) is 3.39. The van der Waals surface area contributed by atoms with Crippen molar-refractivity contribution in [2.45, 2.75) is 44.6 Å². The SMILES string of the molecule is COCCCC[C@@](O)(c1cccc(F)c1Oc1ccccc1C)C1CCCN(C(=O)NCC2CNC2)C1. The number of unbranched alkanes of at least 4 members (excludes halogenated alkanes) is 1. The molecule has 37 heavy (non-hydrogen) atoms. The maximum atomic E-state index is 15.3. The van der Waals surface area contributed by atoms with Gasteiger partial charge in [-0.3, -0.25) is 0 Å². The van der Waals surface area contributed by atoms with Crippen molar-refractivity contribution in [3.05, 3.63) is 59.4 Å². The summed E-state index contributed by atoms with van der Waals surface area (Å²) in [6.45, 7) is 6.02. The van der Waals surface area contributed by atoms with E-state index in [2.05, 4.69) is 10.6 Å². The van der Waals surface area contributed by atoms with Crippen LogP contribution in [0.25, 0.3) is 0 Å². The van der Waals surface area contributed by atoms with Crippen LogP contribution in [0.1, 0.15) is 43.2 Å². The molecule has 2 heterocycles. The van der Waals surface area contributed by atoms with E-state index in [-0.39, 0.29) is 17.7 Å². The van der Waals surface area contributed by atoms with Crippen molar-refractivity contribution in [3.63, 3.8) is 0 Å². The van der Waals surface area contributed by atoms with Gasteiger partial charge in [-0.15, -0.1) is 0 Å². The number of halogens is 1. The lowest BCUT2D eigenvalue weighted by atomic mass is 9.73. The number of nitrogens with one attached hydrogen (secondary N) is 2. The molecule has 202 valence electrons. The molecule has 2 aliphatic heterocycles. The van der Waals surface area contributed by atoms with Crippen LogP contribution < -0.4 is 15.4 Å². The van der Waals surface area contributed by atoms with Crippen LogP contribution >= 0.6 is 0 Å². The Balaban J connectivity index is 1.60. The Hall–Kier alpha value is -2.68. The summed E-state index contributed by atoms with van der Waals surface area (Å²) >= 11 is 0. The molecule has 2 atom stereocenters. The summed E-state index contributed by atoms with van der Waals surface area (Å²) in [7, 11) is 1.66. The largest absolute Gasteiger partial charge is 0.454 e. The predicted molar refractivity (Wildman–Crippen MR) is 141 cm³/mol. The number of carbonyl (C=O) groups excluding carboxylic acids is 1. The van der Waals surface area contributed by atoms with Gasteiger partial charge in [0.15, 0.2) is 11.6 Å². The number of nitrogens with zero attached hydrogens (tertiary/aromatic N) is 1. The molecule has 0 saturated carbocycles. The zero-order chi connectivity index (χ0) is 26.3. The first-order valence-corrected chi connectivity index (χ1v) is 13.4. The van der Waals surface area contributed by atoms with Crippen LogP contribution in [0.5, 0.6) is 11.5 Å². The van der Waals surface area contributed by atoms with Gasteiger partial charge in [0.05, 0.1) is 5.60 Å². The van der Waals surface area contributed by atoms with E-state index in [4.69, 9.17) is 9.47 Å². The van der Waals surface area contributed by atoms with E-state index in [9.17, 15) is 9.90 Å². The Morgan fingerprint density at radius 1 is 1.22 bits per heavy atom. The van der Waals surface area contributed by atoms with Gasteiger partial charge in [0.25, 0.3) is 0 Å².